The van der Waals surface area contributed by atoms with Gasteiger partial charge in [0.25, 0.3) is 5.91 Å². The molecule has 1 fully saturated rings. The van der Waals surface area contributed by atoms with E-state index in [9.17, 15) is 18.8 Å². The molecule has 7 nitrogen and oxygen atoms in total. The number of halogens is 1. The summed E-state index contributed by atoms with van der Waals surface area (Å²) >= 11 is -1.28. The van der Waals surface area contributed by atoms with Crippen LogP contribution in [0.15, 0.2) is 66.0 Å². The molecule has 3 heterocycles. The Hall–Kier alpha value is -3.27. The Labute approximate surface area is 205 Å². The van der Waals surface area contributed by atoms with Gasteiger partial charge in [-0.1, -0.05) is 18.2 Å². The van der Waals surface area contributed by atoms with E-state index in [-0.39, 0.29) is 24.4 Å². The zero-order valence-electron chi connectivity index (χ0n) is 19.2. The number of hydrogen-bond acceptors (Lipinski definition) is 5. The molecule has 1 amide bonds. The number of carbonyl (C=O) groups is 1. The maximum atomic E-state index is 14.2. The molecule has 0 radical (unpaired) electrons. The Morgan fingerprint density at radius 3 is 2.69 bits per heavy atom. The Bertz CT molecular complexity index is 1370. The summed E-state index contributed by atoms with van der Waals surface area (Å²) in [7, 11) is 0. The van der Waals surface area contributed by atoms with Gasteiger partial charge >= 0.3 is 0 Å². The highest BCUT2D eigenvalue weighted by Crippen LogP contribution is 2.30. The van der Waals surface area contributed by atoms with E-state index in [1.165, 1.54) is 6.07 Å². The lowest BCUT2D eigenvalue weighted by molar-refractivity contribution is 0.0503. The second kappa shape index (κ2) is 9.77. The molecule has 0 bridgehead atoms. The quantitative estimate of drug-likeness (QED) is 0.426. The zero-order valence-corrected chi connectivity index (χ0v) is 20.0. The zero-order chi connectivity index (χ0) is 24.5. The van der Waals surface area contributed by atoms with Crippen LogP contribution in [-0.4, -0.2) is 60.5 Å². The highest BCUT2D eigenvalue weighted by Gasteiger charge is 2.28. The van der Waals surface area contributed by atoms with Crippen LogP contribution in [0.2, 0.25) is 0 Å². The third-order valence-electron chi connectivity index (χ3n) is 6.46. The molecule has 1 N–H and O–H groups in total. The van der Waals surface area contributed by atoms with Crippen molar-refractivity contribution >= 4 is 28.0 Å². The molecule has 180 valence electrons. The molecule has 2 aromatic heterocycles. The first-order valence-corrected chi connectivity index (χ1v) is 13.0. The van der Waals surface area contributed by atoms with E-state index in [0.717, 1.165) is 24.6 Å². The van der Waals surface area contributed by atoms with E-state index in [2.05, 4.69) is 9.97 Å². The van der Waals surface area contributed by atoms with Gasteiger partial charge in [0, 0.05) is 35.6 Å². The third kappa shape index (κ3) is 4.42. The van der Waals surface area contributed by atoms with E-state index in [1.807, 2.05) is 0 Å². The lowest BCUT2D eigenvalue weighted by Gasteiger charge is -2.34. The Morgan fingerprint density at radius 1 is 1.20 bits per heavy atom. The molecule has 1 saturated heterocycles. The predicted octanol–water partition coefficient (Wildman–Crippen LogP) is 3.95. The van der Waals surface area contributed by atoms with Gasteiger partial charge in [-0.05, 0) is 54.7 Å². The monoisotopic (exact) mass is 492 g/mol. The minimum Gasteiger partial charge on any atom is -0.612 e. The SMILES string of the molecule is C[S+]([O-])c1cn(-c2ncc(-c3ccccc3F)cn2)c2cc(C(=O)N3CCCCC3CO)ccc12. The topological polar surface area (TPSA) is 94.3 Å². The number of piperidine rings is 1. The molecule has 2 unspecified atom stereocenters. The van der Waals surface area contributed by atoms with Crippen LogP contribution < -0.4 is 0 Å². The summed E-state index contributed by atoms with van der Waals surface area (Å²) in [6, 6.07) is 11.5. The molecular weight excluding hydrogens is 467 g/mol. The maximum Gasteiger partial charge on any atom is 0.254 e. The van der Waals surface area contributed by atoms with Gasteiger partial charge in [-0.15, -0.1) is 0 Å². The van der Waals surface area contributed by atoms with Crippen LogP contribution in [0.4, 0.5) is 4.39 Å². The van der Waals surface area contributed by atoms with Crippen molar-refractivity contribution in [2.45, 2.75) is 30.2 Å². The van der Waals surface area contributed by atoms with Gasteiger partial charge in [-0.3, -0.25) is 9.36 Å². The average Bonchev–Trinajstić information content (AvgIpc) is 3.28. The summed E-state index contributed by atoms with van der Waals surface area (Å²) in [5, 5.41) is 10.5. The Kier molecular flexibility index (Phi) is 6.55. The molecular formula is C26H25FN4O3S. The number of hydrogen-bond donors (Lipinski definition) is 1. The van der Waals surface area contributed by atoms with Crippen molar-refractivity contribution in [3.63, 3.8) is 0 Å². The highest BCUT2D eigenvalue weighted by molar-refractivity contribution is 7.91. The number of aliphatic hydroxyl groups is 1. The number of likely N-dealkylation sites (tertiary alicyclic amines) is 1. The van der Waals surface area contributed by atoms with Gasteiger partial charge in [0.05, 0.1) is 29.7 Å². The summed E-state index contributed by atoms with van der Waals surface area (Å²) in [6.07, 6.45) is 9.07. The first-order valence-electron chi connectivity index (χ1n) is 11.5. The number of carbonyl (C=O) groups excluding carboxylic acids is 1. The number of nitrogens with zero attached hydrogens (tertiary/aromatic N) is 4. The standard InChI is InChI=1S/C26H25FN4O3S/c1-35(34)24-15-31(26-28-13-18(14-29-26)20-7-2-3-8-22(20)27)23-12-17(9-10-21(23)24)25(33)30-11-5-4-6-19(30)16-32/h2-3,7-10,12-15,19,32H,4-6,11,16H2,1H3. The molecule has 2 atom stereocenters. The lowest BCUT2D eigenvalue weighted by Crippen LogP contribution is -2.45. The molecule has 35 heavy (non-hydrogen) atoms. The van der Waals surface area contributed by atoms with Crippen LogP contribution >= 0.6 is 0 Å². The minimum absolute atomic E-state index is 0.0640. The van der Waals surface area contributed by atoms with Gasteiger partial charge in [-0.2, -0.15) is 0 Å². The van der Waals surface area contributed by atoms with Crippen LogP contribution in [0.25, 0.3) is 28.0 Å². The second-order valence-electron chi connectivity index (χ2n) is 8.63. The molecule has 0 aliphatic carbocycles. The van der Waals surface area contributed by atoms with E-state index in [4.69, 9.17) is 0 Å². The van der Waals surface area contributed by atoms with Crippen LogP contribution in [0, 0.1) is 5.82 Å². The number of fused-ring (bicyclic) bond motifs is 1. The molecule has 0 saturated carbocycles. The highest BCUT2D eigenvalue weighted by atomic mass is 32.2. The summed E-state index contributed by atoms with van der Waals surface area (Å²) < 4.78 is 28.3. The molecule has 5 rings (SSSR count). The molecule has 1 aliphatic rings. The Balaban J connectivity index is 1.56. The Morgan fingerprint density at radius 2 is 1.97 bits per heavy atom. The summed E-state index contributed by atoms with van der Waals surface area (Å²) in [5.41, 5.74) is 2.07. The van der Waals surface area contributed by atoms with Crippen molar-refractivity contribution < 1.29 is 18.8 Å². The number of amides is 1. The summed E-state index contributed by atoms with van der Waals surface area (Å²) in [4.78, 5) is 24.5. The smallest absolute Gasteiger partial charge is 0.254 e. The van der Waals surface area contributed by atoms with Crippen molar-refractivity contribution in [2.75, 3.05) is 19.4 Å². The first-order chi connectivity index (χ1) is 17.0. The molecule has 1 aliphatic heterocycles. The minimum atomic E-state index is -1.28. The fraction of sp³-hybridized carbons (Fsp3) is 0.269. The normalized spacial score (nSPS) is 17.0. The van der Waals surface area contributed by atoms with Gasteiger partial charge < -0.3 is 14.6 Å². The van der Waals surface area contributed by atoms with Gasteiger partial charge in [0.1, 0.15) is 12.1 Å². The fourth-order valence-electron chi connectivity index (χ4n) is 4.63. The van der Waals surface area contributed by atoms with E-state index in [1.54, 1.807) is 70.7 Å². The van der Waals surface area contributed by atoms with E-state index in [0.29, 0.717) is 39.6 Å². The third-order valence-corrected chi connectivity index (χ3v) is 7.41. The van der Waals surface area contributed by atoms with Crippen LogP contribution in [0.5, 0.6) is 0 Å². The van der Waals surface area contributed by atoms with Gasteiger partial charge in [0.2, 0.25) is 5.95 Å². The van der Waals surface area contributed by atoms with Gasteiger partial charge in [-0.25, -0.2) is 14.4 Å². The number of aliphatic hydroxyl groups excluding tert-OH is 1. The van der Waals surface area contributed by atoms with Crippen LogP contribution in [-0.2, 0) is 11.2 Å². The second-order valence-corrected chi connectivity index (χ2v) is 9.98. The summed E-state index contributed by atoms with van der Waals surface area (Å²) in [6.45, 7) is 0.541. The van der Waals surface area contributed by atoms with Crippen molar-refractivity contribution in [1.82, 2.24) is 19.4 Å². The largest absolute Gasteiger partial charge is 0.612 e. The average molecular weight is 493 g/mol. The number of benzene rings is 2. The molecule has 4 aromatic rings. The van der Waals surface area contributed by atoms with E-state index < -0.39 is 11.2 Å². The molecule has 9 heteroatoms. The van der Waals surface area contributed by atoms with Crippen molar-refractivity contribution in [2.24, 2.45) is 0 Å². The maximum absolute atomic E-state index is 14.2. The fourth-order valence-corrected chi connectivity index (χ4v) is 5.36. The molecule has 2 aromatic carbocycles. The van der Waals surface area contributed by atoms with Crippen molar-refractivity contribution in [1.29, 1.82) is 0 Å². The van der Waals surface area contributed by atoms with Crippen molar-refractivity contribution in [3.8, 4) is 17.1 Å². The van der Waals surface area contributed by atoms with E-state index >= 15 is 0 Å². The predicted molar refractivity (Wildman–Crippen MR) is 132 cm³/mol. The number of rotatable bonds is 5. The van der Waals surface area contributed by atoms with Crippen LogP contribution in [0.1, 0.15) is 29.6 Å². The lowest BCUT2D eigenvalue weighted by atomic mass is 10.0. The van der Waals surface area contributed by atoms with Crippen molar-refractivity contribution in [3.05, 3.63) is 72.4 Å². The number of aromatic nitrogens is 3. The van der Waals surface area contributed by atoms with Crippen LogP contribution in [0.3, 0.4) is 0 Å². The summed E-state index contributed by atoms with van der Waals surface area (Å²) in [5.74, 6) is -0.183. The van der Waals surface area contributed by atoms with Gasteiger partial charge in [0.15, 0.2) is 4.90 Å². The first kappa shape index (κ1) is 23.5. The molecule has 0 spiro atoms.